The average molecular weight is 397 g/mol. The van der Waals surface area contributed by atoms with Gasteiger partial charge in [-0.25, -0.2) is 4.79 Å². The fourth-order valence-electron chi connectivity index (χ4n) is 3.93. The molecule has 29 heavy (non-hydrogen) atoms. The van der Waals surface area contributed by atoms with Gasteiger partial charge in [-0.05, 0) is 23.6 Å². The van der Waals surface area contributed by atoms with Gasteiger partial charge in [-0.3, -0.25) is 5.32 Å². The van der Waals surface area contributed by atoms with E-state index >= 15 is 0 Å². The molecule has 4 atom stereocenters. The quantitative estimate of drug-likeness (QED) is 0.786. The Bertz CT molecular complexity index is 809. The number of amides is 1. The number of fused-ring (bicyclic) bond motifs is 1. The van der Waals surface area contributed by atoms with Crippen LogP contribution in [0.1, 0.15) is 30.9 Å². The molecule has 0 saturated carbocycles. The number of hydrogen-bond donors (Lipinski definition) is 2. The van der Waals surface area contributed by atoms with Gasteiger partial charge in [0.1, 0.15) is 31.4 Å². The molecule has 2 aliphatic rings. The summed E-state index contributed by atoms with van der Waals surface area (Å²) < 4.78 is 17.4. The van der Waals surface area contributed by atoms with Crippen LogP contribution >= 0.6 is 0 Å². The zero-order valence-corrected chi connectivity index (χ0v) is 16.9. The predicted octanol–water partition coefficient (Wildman–Crippen LogP) is 2.66. The number of nitrogens with one attached hydrogen (secondary N) is 1. The van der Waals surface area contributed by atoms with Crippen LogP contribution in [0.2, 0.25) is 0 Å². The number of carbonyl (C=O) groups excluding carboxylic acids is 1. The summed E-state index contributed by atoms with van der Waals surface area (Å²) in [6.07, 6.45) is -1.12. The van der Waals surface area contributed by atoms with E-state index in [0.717, 1.165) is 12.2 Å². The van der Waals surface area contributed by atoms with Crippen molar-refractivity contribution >= 4 is 11.8 Å². The van der Waals surface area contributed by atoms with Gasteiger partial charge >= 0.3 is 6.09 Å². The van der Waals surface area contributed by atoms with Crippen molar-refractivity contribution in [3.63, 3.8) is 0 Å². The number of nitrogens with two attached hydrogens (primary N) is 1. The minimum atomic E-state index is -0.475. The normalized spacial score (nSPS) is 25.8. The molecule has 2 aliphatic heterocycles. The first-order valence-electron chi connectivity index (χ1n) is 10.3. The van der Waals surface area contributed by atoms with Crippen molar-refractivity contribution in [1.29, 1.82) is 0 Å². The second-order valence-corrected chi connectivity index (χ2v) is 8.03. The lowest BCUT2D eigenvalue weighted by molar-refractivity contribution is -0.707. The Morgan fingerprint density at radius 2 is 1.79 bits per heavy atom. The SMILES string of the molecule is CC(C)c1ccc(NC(=O)O[C@@H]2CO[C@H]3[C@@H]2OC[C@@H]3[NH2+]Cc2ccccc2)cc1. The zero-order valence-electron chi connectivity index (χ0n) is 16.9. The van der Waals surface area contributed by atoms with Crippen LogP contribution in [0.15, 0.2) is 54.6 Å². The molecule has 1 amide bonds. The van der Waals surface area contributed by atoms with Crippen LogP contribution in [0, 0.1) is 0 Å². The maximum Gasteiger partial charge on any atom is 0.412 e. The van der Waals surface area contributed by atoms with Gasteiger partial charge in [-0.2, -0.15) is 0 Å². The van der Waals surface area contributed by atoms with Crippen LogP contribution in [0.25, 0.3) is 0 Å². The van der Waals surface area contributed by atoms with Crippen molar-refractivity contribution in [2.24, 2.45) is 0 Å². The first-order chi connectivity index (χ1) is 14.1. The molecule has 6 nitrogen and oxygen atoms in total. The molecular weight excluding hydrogens is 368 g/mol. The average Bonchev–Trinajstić information content (AvgIpc) is 3.30. The lowest BCUT2D eigenvalue weighted by Crippen LogP contribution is -2.91. The largest absolute Gasteiger partial charge is 0.441 e. The molecule has 0 radical (unpaired) electrons. The summed E-state index contributed by atoms with van der Waals surface area (Å²) in [7, 11) is 0. The third kappa shape index (κ3) is 4.78. The molecule has 2 saturated heterocycles. The van der Waals surface area contributed by atoms with E-state index in [1.54, 1.807) is 0 Å². The van der Waals surface area contributed by atoms with Gasteiger partial charge in [0.15, 0.2) is 6.10 Å². The molecule has 2 fully saturated rings. The van der Waals surface area contributed by atoms with Gasteiger partial charge in [-0.1, -0.05) is 56.3 Å². The van der Waals surface area contributed by atoms with Gasteiger partial charge in [-0.15, -0.1) is 0 Å². The number of quaternary nitrogens is 1. The topological polar surface area (TPSA) is 73.4 Å². The van der Waals surface area contributed by atoms with Gasteiger partial charge < -0.3 is 19.5 Å². The number of benzene rings is 2. The fraction of sp³-hybridized carbons (Fsp3) is 0.435. The highest BCUT2D eigenvalue weighted by molar-refractivity contribution is 5.84. The van der Waals surface area contributed by atoms with Crippen molar-refractivity contribution in [3.05, 3.63) is 65.7 Å². The van der Waals surface area contributed by atoms with Gasteiger partial charge in [0.05, 0.1) is 6.61 Å². The molecule has 3 N–H and O–H groups in total. The molecule has 154 valence electrons. The summed E-state index contributed by atoms with van der Waals surface area (Å²) >= 11 is 0. The highest BCUT2D eigenvalue weighted by Crippen LogP contribution is 2.28. The summed E-state index contributed by atoms with van der Waals surface area (Å²) in [4.78, 5) is 12.3. The highest BCUT2D eigenvalue weighted by Gasteiger charge is 2.51. The van der Waals surface area contributed by atoms with Gasteiger partial charge in [0, 0.05) is 11.3 Å². The van der Waals surface area contributed by atoms with Crippen LogP contribution in [-0.4, -0.2) is 43.7 Å². The van der Waals surface area contributed by atoms with E-state index in [4.69, 9.17) is 14.2 Å². The predicted molar refractivity (Wildman–Crippen MR) is 110 cm³/mol. The molecule has 0 bridgehead atoms. The Labute approximate surface area is 171 Å². The summed E-state index contributed by atoms with van der Waals surface area (Å²) in [5, 5.41) is 5.04. The summed E-state index contributed by atoms with van der Waals surface area (Å²) in [5.74, 6) is 0.453. The summed E-state index contributed by atoms with van der Waals surface area (Å²) in [6, 6.07) is 18.4. The van der Waals surface area contributed by atoms with Crippen molar-refractivity contribution in [3.8, 4) is 0 Å². The fourth-order valence-corrected chi connectivity index (χ4v) is 3.93. The first-order valence-corrected chi connectivity index (χ1v) is 10.3. The maximum absolute atomic E-state index is 12.3. The third-order valence-corrected chi connectivity index (χ3v) is 5.63. The van der Waals surface area contributed by atoms with E-state index < -0.39 is 6.09 Å². The number of carbonyl (C=O) groups is 1. The lowest BCUT2D eigenvalue weighted by atomic mass is 10.0. The Kier molecular flexibility index (Phi) is 6.13. The third-order valence-electron chi connectivity index (χ3n) is 5.63. The van der Waals surface area contributed by atoms with Gasteiger partial charge in [0.2, 0.25) is 0 Å². The number of hydrogen-bond acceptors (Lipinski definition) is 4. The Morgan fingerprint density at radius 3 is 2.52 bits per heavy atom. The molecule has 0 unspecified atom stereocenters. The summed E-state index contributed by atoms with van der Waals surface area (Å²) in [6.45, 7) is 6.11. The molecule has 6 heteroatoms. The van der Waals surface area contributed by atoms with Crippen molar-refractivity contribution in [1.82, 2.24) is 0 Å². The van der Waals surface area contributed by atoms with Crippen LogP contribution < -0.4 is 10.6 Å². The maximum atomic E-state index is 12.3. The van der Waals surface area contributed by atoms with Crippen molar-refractivity contribution < 1.29 is 24.3 Å². The zero-order chi connectivity index (χ0) is 20.2. The molecular formula is C23H29N2O4+. The minimum Gasteiger partial charge on any atom is -0.441 e. The van der Waals surface area contributed by atoms with Crippen molar-refractivity contribution in [2.75, 3.05) is 18.5 Å². The van der Waals surface area contributed by atoms with E-state index in [1.165, 1.54) is 11.1 Å². The minimum absolute atomic E-state index is 0.0539. The second kappa shape index (κ2) is 8.95. The van der Waals surface area contributed by atoms with Crippen molar-refractivity contribution in [2.45, 2.75) is 50.7 Å². The monoisotopic (exact) mass is 397 g/mol. The van der Waals surface area contributed by atoms with Crippen LogP contribution in [0.5, 0.6) is 0 Å². The van der Waals surface area contributed by atoms with E-state index in [9.17, 15) is 4.79 Å². The molecule has 0 spiro atoms. The van der Waals surface area contributed by atoms with Crippen LogP contribution in [0.4, 0.5) is 10.5 Å². The molecule has 2 heterocycles. The lowest BCUT2D eigenvalue weighted by Gasteiger charge is -2.17. The second-order valence-electron chi connectivity index (χ2n) is 8.03. The standard InChI is InChI=1S/C23H28N2O4/c1-15(2)17-8-10-18(11-9-17)25-23(26)29-20-14-28-21-19(13-27-22(20)21)24-12-16-6-4-3-5-7-16/h3-11,15,19-22,24H,12-14H2,1-2H3,(H,25,26)/p+1/t19-,20+,21+,22+/m0/s1. The molecule has 0 aliphatic carbocycles. The summed E-state index contributed by atoms with van der Waals surface area (Å²) in [5.41, 5.74) is 3.22. The molecule has 4 rings (SSSR count). The van der Waals surface area contributed by atoms with Crippen LogP contribution in [0.3, 0.4) is 0 Å². The Balaban J connectivity index is 1.27. The number of rotatable bonds is 6. The highest BCUT2D eigenvalue weighted by atomic mass is 16.6. The van der Waals surface area contributed by atoms with E-state index in [-0.39, 0.29) is 24.4 Å². The van der Waals surface area contributed by atoms with E-state index in [2.05, 4.69) is 36.6 Å². The van der Waals surface area contributed by atoms with E-state index in [0.29, 0.717) is 19.1 Å². The Hall–Kier alpha value is -2.41. The van der Waals surface area contributed by atoms with Gasteiger partial charge in [0.25, 0.3) is 0 Å². The molecule has 2 aromatic carbocycles. The van der Waals surface area contributed by atoms with E-state index in [1.807, 2.05) is 42.5 Å². The van der Waals surface area contributed by atoms with Crippen LogP contribution in [-0.2, 0) is 20.8 Å². The first kappa shape index (κ1) is 19.9. The smallest absolute Gasteiger partial charge is 0.412 e. The Morgan fingerprint density at radius 1 is 1.07 bits per heavy atom. The molecule has 0 aromatic heterocycles. The molecule has 2 aromatic rings. The number of ether oxygens (including phenoxy) is 3. The number of anilines is 1.